The van der Waals surface area contributed by atoms with Crippen LogP contribution in [0.25, 0.3) is 0 Å². The number of likely N-dealkylation sites (tertiary alicyclic amines) is 1. The molecule has 1 saturated heterocycles. The van der Waals surface area contributed by atoms with Crippen molar-refractivity contribution in [3.63, 3.8) is 0 Å². The van der Waals surface area contributed by atoms with Crippen molar-refractivity contribution < 1.29 is 9.59 Å². The van der Waals surface area contributed by atoms with Crippen molar-refractivity contribution >= 4 is 40.8 Å². The second-order valence-corrected chi connectivity index (χ2v) is 7.31. The summed E-state index contributed by atoms with van der Waals surface area (Å²) >= 11 is 1.32. The Hall–Kier alpha value is -1.70. The Morgan fingerprint density at radius 2 is 1.96 bits per heavy atom. The molecule has 0 saturated carbocycles. The first-order valence-corrected chi connectivity index (χ1v) is 10.2. The first-order valence-electron chi connectivity index (χ1n) is 9.24. The third kappa shape index (κ3) is 8.60. The van der Waals surface area contributed by atoms with E-state index in [2.05, 4.69) is 32.1 Å². The molecule has 1 fully saturated rings. The average molecular weight is 382 g/mol. The molecule has 0 spiro atoms. The quantitative estimate of drug-likeness (QED) is 0.566. The number of hydrogen-bond acceptors (Lipinski definition) is 4. The Kier molecular flexibility index (Phi) is 10.8. The molecule has 0 bridgehead atoms. The van der Waals surface area contributed by atoms with Crippen LogP contribution in [0.3, 0.4) is 0 Å². The Morgan fingerprint density at radius 3 is 2.54 bits per heavy atom. The van der Waals surface area contributed by atoms with Gasteiger partial charge < -0.3 is 10.2 Å². The molecule has 1 heterocycles. The molecule has 1 rings (SSSR count). The van der Waals surface area contributed by atoms with E-state index in [1.165, 1.54) is 11.8 Å². The van der Waals surface area contributed by atoms with Crippen LogP contribution in [-0.4, -0.2) is 65.9 Å². The monoisotopic (exact) mass is 381 g/mol. The third-order valence-corrected chi connectivity index (χ3v) is 5.00. The molecule has 0 radical (unpaired) electrons. The lowest BCUT2D eigenvalue weighted by atomic mass is 10.1. The van der Waals surface area contributed by atoms with Crippen LogP contribution in [0.15, 0.2) is 15.0 Å². The number of ketones is 1. The number of urea groups is 1. The lowest BCUT2D eigenvalue weighted by Crippen LogP contribution is -2.45. The lowest BCUT2D eigenvalue weighted by molar-refractivity contribution is -0.116. The molecule has 1 N–H and O–H groups in total. The minimum absolute atomic E-state index is 0.107. The summed E-state index contributed by atoms with van der Waals surface area (Å²) in [5.74, 6) is 1.29. The number of piperidine rings is 1. The second kappa shape index (κ2) is 12.6. The van der Waals surface area contributed by atoms with Gasteiger partial charge in [-0.15, -0.1) is 11.8 Å². The van der Waals surface area contributed by atoms with Gasteiger partial charge in [0.1, 0.15) is 5.78 Å². The fraction of sp³-hybridized carbons (Fsp3) is 0.722. The molecule has 0 aromatic heterocycles. The van der Waals surface area contributed by atoms with Crippen molar-refractivity contribution in [1.29, 1.82) is 0 Å². The Morgan fingerprint density at radius 1 is 1.27 bits per heavy atom. The highest BCUT2D eigenvalue weighted by atomic mass is 32.2. The Balaban J connectivity index is 2.41. The minimum Gasteiger partial charge on any atom is -0.341 e. The van der Waals surface area contributed by atoms with E-state index in [9.17, 15) is 9.59 Å². The summed E-state index contributed by atoms with van der Waals surface area (Å²) in [7, 11) is 1.75. The largest absolute Gasteiger partial charge is 0.341 e. The summed E-state index contributed by atoms with van der Waals surface area (Å²) in [6, 6.07) is -0.224. The van der Waals surface area contributed by atoms with Crippen molar-refractivity contribution in [2.24, 2.45) is 15.0 Å². The van der Waals surface area contributed by atoms with Gasteiger partial charge in [0.15, 0.2) is 0 Å². The molecule has 146 valence electrons. The number of unbranched alkanes of at least 4 members (excludes halogenated alkanes) is 1. The fourth-order valence-corrected chi connectivity index (χ4v) is 3.17. The highest BCUT2D eigenvalue weighted by molar-refractivity contribution is 8.14. The zero-order valence-electron chi connectivity index (χ0n) is 16.3. The van der Waals surface area contributed by atoms with Gasteiger partial charge in [-0.1, -0.05) is 20.3 Å². The van der Waals surface area contributed by atoms with Crippen molar-refractivity contribution in [2.45, 2.75) is 58.9 Å². The van der Waals surface area contributed by atoms with Crippen LogP contribution >= 0.6 is 11.8 Å². The van der Waals surface area contributed by atoms with E-state index in [1.54, 1.807) is 14.0 Å². The molecule has 26 heavy (non-hydrogen) atoms. The normalized spacial score (nSPS) is 17.0. The molecule has 1 aliphatic heterocycles. The molecular weight excluding hydrogens is 350 g/mol. The summed E-state index contributed by atoms with van der Waals surface area (Å²) in [6.45, 7) is 7.33. The zero-order valence-corrected chi connectivity index (χ0v) is 17.1. The Bertz CT molecular complexity index is 552. The molecule has 0 aromatic rings. The van der Waals surface area contributed by atoms with Gasteiger partial charge in [-0.05, 0) is 26.2 Å². The van der Waals surface area contributed by atoms with Gasteiger partial charge in [-0.25, -0.2) is 9.79 Å². The maximum absolute atomic E-state index is 12.0. The van der Waals surface area contributed by atoms with Crippen molar-refractivity contribution in [3.05, 3.63) is 0 Å². The fourth-order valence-electron chi connectivity index (χ4n) is 2.45. The second-order valence-electron chi connectivity index (χ2n) is 6.15. The van der Waals surface area contributed by atoms with E-state index in [1.807, 2.05) is 13.1 Å². The zero-order chi connectivity index (χ0) is 19.4. The van der Waals surface area contributed by atoms with Crippen LogP contribution in [0.5, 0.6) is 0 Å². The number of Topliss-reactive ketones (excluding diaryl/α,β-unsaturated/α-hetero) is 1. The van der Waals surface area contributed by atoms with Crippen LogP contribution < -0.4 is 5.32 Å². The summed E-state index contributed by atoms with van der Waals surface area (Å²) in [6.07, 6.45) is 6.11. The number of carbonyl (C=O) groups is 2. The topological polar surface area (TPSA) is 86.5 Å². The first kappa shape index (κ1) is 22.3. The highest BCUT2D eigenvalue weighted by Gasteiger charge is 2.22. The van der Waals surface area contributed by atoms with E-state index in [0.717, 1.165) is 44.7 Å². The van der Waals surface area contributed by atoms with Crippen molar-refractivity contribution in [1.82, 2.24) is 10.2 Å². The predicted octanol–water partition coefficient (Wildman–Crippen LogP) is 3.15. The van der Waals surface area contributed by atoms with E-state index in [0.29, 0.717) is 17.2 Å². The van der Waals surface area contributed by atoms with Gasteiger partial charge in [0.2, 0.25) is 5.96 Å². The smallest absolute Gasteiger partial charge is 0.341 e. The number of nitrogens with one attached hydrogen (secondary N) is 1. The molecule has 8 heteroatoms. The van der Waals surface area contributed by atoms with Crippen LogP contribution in [0.1, 0.15) is 52.9 Å². The average Bonchev–Trinajstić information content (AvgIpc) is 2.64. The van der Waals surface area contributed by atoms with E-state index >= 15 is 0 Å². The van der Waals surface area contributed by atoms with Gasteiger partial charge in [-0.3, -0.25) is 9.79 Å². The standard InChI is InChI=1S/C18H31N5O2S/c1-5-7-10-20-17(19-4)23-11-8-15(9-12-23)22-18(25)21-14(3)26-13-16(24)6-2/h10,15H,5-9,11-13H2,1-4H3,(H,22,25)/b19-17+,20-10-,21-14-. The molecule has 0 atom stereocenters. The third-order valence-electron chi connectivity index (χ3n) is 4.03. The lowest BCUT2D eigenvalue weighted by Gasteiger charge is -2.32. The molecular formula is C18H31N5O2S. The number of carbonyl (C=O) groups excluding carboxylic acids is 2. The van der Waals surface area contributed by atoms with Gasteiger partial charge in [0.05, 0.1) is 10.8 Å². The molecule has 0 aliphatic carbocycles. The van der Waals surface area contributed by atoms with Crippen molar-refractivity contribution in [2.75, 3.05) is 25.9 Å². The highest BCUT2D eigenvalue weighted by Crippen LogP contribution is 2.12. The molecule has 2 amide bonds. The maximum Gasteiger partial charge on any atom is 0.341 e. The van der Waals surface area contributed by atoms with Gasteiger partial charge >= 0.3 is 6.03 Å². The number of guanidine groups is 1. The summed E-state index contributed by atoms with van der Waals surface area (Å²) < 4.78 is 0. The number of nitrogens with zero attached hydrogens (tertiary/aromatic N) is 4. The summed E-state index contributed by atoms with van der Waals surface area (Å²) in [4.78, 5) is 38.2. The number of thioether (sulfide) groups is 1. The number of amides is 2. The van der Waals surface area contributed by atoms with Crippen molar-refractivity contribution in [3.8, 4) is 0 Å². The molecule has 7 nitrogen and oxygen atoms in total. The van der Waals surface area contributed by atoms with Gasteiger partial charge in [0, 0.05) is 38.8 Å². The van der Waals surface area contributed by atoms with Crippen LogP contribution in [-0.2, 0) is 4.79 Å². The number of aliphatic imine (C=N–C) groups is 3. The molecule has 0 aromatic carbocycles. The van der Waals surface area contributed by atoms with E-state index in [-0.39, 0.29) is 17.9 Å². The minimum atomic E-state index is -0.331. The van der Waals surface area contributed by atoms with Gasteiger partial charge in [0.25, 0.3) is 0 Å². The maximum atomic E-state index is 12.0. The Labute approximate surface area is 160 Å². The van der Waals surface area contributed by atoms with E-state index < -0.39 is 0 Å². The number of rotatable bonds is 6. The number of hydrogen-bond donors (Lipinski definition) is 1. The molecule has 1 aliphatic rings. The SMILES string of the molecule is CCC/C=N\C(=N/C)N1CCC(NC(=O)/N=C(/C)SCC(=O)CC)CC1. The van der Waals surface area contributed by atoms with Gasteiger partial charge in [-0.2, -0.15) is 4.99 Å². The van der Waals surface area contributed by atoms with E-state index in [4.69, 9.17) is 0 Å². The summed E-state index contributed by atoms with van der Waals surface area (Å²) in [5.41, 5.74) is 0. The summed E-state index contributed by atoms with van der Waals surface area (Å²) in [5, 5.41) is 3.57. The first-order chi connectivity index (χ1) is 12.5. The van der Waals surface area contributed by atoms with Crippen LogP contribution in [0, 0.1) is 0 Å². The molecule has 0 unspecified atom stereocenters. The predicted molar refractivity (Wildman–Crippen MR) is 111 cm³/mol. The van der Waals surface area contributed by atoms with Crippen LogP contribution in [0.4, 0.5) is 4.79 Å². The van der Waals surface area contributed by atoms with Crippen LogP contribution in [0.2, 0.25) is 0 Å².